The second kappa shape index (κ2) is 5.28. The van der Waals surface area contributed by atoms with E-state index in [-0.39, 0.29) is 0 Å². The van der Waals surface area contributed by atoms with E-state index in [0.29, 0.717) is 24.7 Å². The molecule has 0 fully saturated rings. The number of alkyl halides is 2. The van der Waals surface area contributed by atoms with Crippen molar-refractivity contribution < 1.29 is 8.78 Å². The van der Waals surface area contributed by atoms with Gasteiger partial charge in [-0.3, -0.25) is 4.57 Å². The van der Waals surface area contributed by atoms with Crippen LogP contribution in [0.4, 0.5) is 14.7 Å². The third-order valence-corrected chi connectivity index (χ3v) is 2.99. The van der Waals surface area contributed by atoms with E-state index >= 15 is 0 Å². The number of nitrogens with one attached hydrogen (secondary N) is 2. The van der Waals surface area contributed by atoms with Crippen LogP contribution in [0.5, 0.6) is 0 Å². The van der Waals surface area contributed by atoms with E-state index in [1.807, 2.05) is 24.3 Å². The van der Waals surface area contributed by atoms with Gasteiger partial charge in [-0.05, 0) is 12.1 Å². The average Bonchev–Trinajstić information content (AvgIpc) is 3.04. The number of fused-ring (bicyclic) bond motifs is 1. The first-order chi connectivity index (χ1) is 9.74. The highest BCUT2D eigenvalue weighted by Gasteiger charge is 2.10. The molecule has 2 N–H and O–H groups in total. The molecule has 0 saturated heterocycles. The Bertz CT molecular complexity index is 670. The lowest BCUT2D eigenvalue weighted by molar-refractivity contribution is 0.0671. The predicted molar refractivity (Wildman–Crippen MR) is 71.8 cm³/mol. The smallest absolute Gasteiger partial charge is 0.319 e. The molecule has 3 aromatic rings. The molecule has 2 aromatic heterocycles. The molecule has 0 bridgehead atoms. The van der Waals surface area contributed by atoms with Crippen LogP contribution in [-0.4, -0.2) is 26.1 Å². The molecule has 0 radical (unpaired) electrons. The summed E-state index contributed by atoms with van der Waals surface area (Å²) in [4.78, 5) is 11.4. The van der Waals surface area contributed by atoms with E-state index in [0.717, 1.165) is 15.6 Å². The molecule has 104 valence electrons. The zero-order chi connectivity index (χ0) is 13.9. The van der Waals surface area contributed by atoms with Crippen molar-refractivity contribution in [2.75, 3.05) is 11.9 Å². The minimum atomic E-state index is -2.56. The Kier molecular flexibility index (Phi) is 3.32. The van der Waals surface area contributed by atoms with E-state index in [4.69, 9.17) is 0 Å². The number of imidazole rings is 2. The second-order valence-corrected chi connectivity index (χ2v) is 4.31. The van der Waals surface area contributed by atoms with Crippen LogP contribution in [0.1, 0.15) is 12.4 Å². The number of anilines is 1. The number of nitrogens with zero attached hydrogens (tertiary/aromatic N) is 3. The highest BCUT2D eigenvalue weighted by Crippen LogP contribution is 2.14. The zero-order valence-corrected chi connectivity index (χ0v) is 10.6. The van der Waals surface area contributed by atoms with Crippen molar-refractivity contribution in [2.45, 2.75) is 13.0 Å². The Morgan fingerprint density at radius 3 is 2.95 bits per heavy atom. The summed E-state index contributed by atoms with van der Waals surface area (Å²) in [5.74, 6) is 0.977. The summed E-state index contributed by atoms with van der Waals surface area (Å²) in [7, 11) is 0. The van der Waals surface area contributed by atoms with Crippen LogP contribution in [-0.2, 0) is 6.42 Å². The lowest BCUT2D eigenvalue weighted by Gasteiger charge is -2.06. The van der Waals surface area contributed by atoms with Gasteiger partial charge in [0.15, 0.2) is 0 Å². The first-order valence-corrected chi connectivity index (χ1v) is 6.22. The van der Waals surface area contributed by atoms with Crippen molar-refractivity contribution in [3.05, 3.63) is 42.5 Å². The Balaban J connectivity index is 1.63. The van der Waals surface area contributed by atoms with Crippen LogP contribution in [0.3, 0.4) is 0 Å². The molecule has 2 heterocycles. The zero-order valence-electron chi connectivity index (χ0n) is 10.6. The van der Waals surface area contributed by atoms with Crippen molar-refractivity contribution in [2.24, 2.45) is 0 Å². The number of hydrogen-bond donors (Lipinski definition) is 2. The molecule has 0 unspecified atom stereocenters. The maximum Gasteiger partial charge on any atom is 0.319 e. The quantitative estimate of drug-likeness (QED) is 0.754. The van der Waals surface area contributed by atoms with Crippen molar-refractivity contribution in [3.8, 4) is 0 Å². The van der Waals surface area contributed by atoms with E-state index in [1.54, 1.807) is 0 Å². The number of hydrogen-bond acceptors (Lipinski definition) is 3. The SMILES string of the molecule is FC(F)n1ccnc1CCNc1nc2ccccc2[nH]1. The minimum Gasteiger partial charge on any atom is -0.355 e. The molecule has 5 nitrogen and oxygen atoms in total. The molecule has 7 heteroatoms. The van der Waals surface area contributed by atoms with Gasteiger partial charge < -0.3 is 10.3 Å². The van der Waals surface area contributed by atoms with Crippen LogP contribution in [0, 0.1) is 0 Å². The summed E-state index contributed by atoms with van der Waals surface area (Å²) in [5.41, 5.74) is 1.80. The van der Waals surface area contributed by atoms with Gasteiger partial charge in [0.05, 0.1) is 11.0 Å². The maximum absolute atomic E-state index is 12.6. The van der Waals surface area contributed by atoms with E-state index in [9.17, 15) is 8.78 Å². The number of H-pyrrole nitrogens is 1. The Hall–Kier alpha value is -2.44. The Morgan fingerprint density at radius 2 is 2.15 bits per heavy atom. The monoisotopic (exact) mass is 277 g/mol. The van der Waals surface area contributed by atoms with Gasteiger partial charge in [0, 0.05) is 25.4 Å². The standard InChI is InChI=1S/C13H13F2N5/c14-12(15)20-8-7-16-11(20)5-6-17-13-18-9-3-1-2-4-10(9)19-13/h1-4,7-8,12H,5-6H2,(H2,17,18,19). The largest absolute Gasteiger partial charge is 0.355 e. The number of aromatic nitrogens is 4. The summed E-state index contributed by atoms with van der Waals surface area (Å²) in [6.45, 7) is -2.08. The van der Waals surface area contributed by atoms with Crippen LogP contribution in [0.2, 0.25) is 0 Å². The molecule has 0 spiro atoms. The van der Waals surface area contributed by atoms with Crippen LogP contribution in [0.15, 0.2) is 36.7 Å². The third kappa shape index (κ3) is 2.47. The Labute approximate surface area is 113 Å². The number of rotatable bonds is 5. The number of halogens is 2. The summed E-state index contributed by atoms with van der Waals surface area (Å²) < 4.78 is 26.1. The number of benzene rings is 1. The lowest BCUT2D eigenvalue weighted by atomic mass is 10.3. The van der Waals surface area contributed by atoms with Gasteiger partial charge in [0.25, 0.3) is 0 Å². The molecule has 20 heavy (non-hydrogen) atoms. The fourth-order valence-electron chi connectivity index (χ4n) is 2.04. The van der Waals surface area contributed by atoms with Crippen LogP contribution in [0.25, 0.3) is 11.0 Å². The average molecular weight is 277 g/mol. The molecular formula is C13H13F2N5. The molecule has 0 amide bonds. The van der Waals surface area contributed by atoms with Crippen LogP contribution >= 0.6 is 0 Å². The van der Waals surface area contributed by atoms with Crippen molar-refractivity contribution in [3.63, 3.8) is 0 Å². The van der Waals surface area contributed by atoms with Crippen molar-refractivity contribution >= 4 is 17.0 Å². The minimum absolute atomic E-state index is 0.351. The van der Waals surface area contributed by atoms with E-state index < -0.39 is 6.55 Å². The Morgan fingerprint density at radius 1 is 1.30 bits per heavy atom. The molecular weight excluding hydrogens is 264 g/mol. The summed E-state index contributed by atoms with van der Waals surface area (Å²) in [6, 6.07) is 7.66. The molecule has 0 aliphatic rings. The van der Waals surface area contributed by atoms with Gasteiger partial charge in [-0.2, -0.15) is 8.78 Å². The van der Waals surface area contributed by atoms with Gasteiger partial charge in [0.1, 0.15) is 5.82 Å². The van der Waals surface area contributed by atoms with E-state index in [2.05, 4.69) is 20.3 Å². The molecule has 0 atom stereocenters. The maximum atomic E-state index is 12.6. The molecule has 0 aliphatic heterocycles. The van der Waals surface area contributed by atoms with Crippen molar-refractivity contribution in [1.29, 1.82) is 0 Å². The highest BCUT2D eigenvalue weighted by atomic mass is 19.3. The first kappa shape index (κ1) is 12.6. The number of aromatic amines is 1. The molecule has 1 aromatic carbocycles. The highest BCUT2D eigenvalue weighted by molar-refractivity contribution is 5.77. The lowest BCUT2D eigenvalue weighted by Crippen LogP contribution is -2.11. The van der Waals surface area contributed by atoms with Gasteiger partial charge in [-0.1, -0.05) is 12.1 Å². The van der Waals surface area contributed by atoms with Crippen LogP contribution < -0.4 is 5.32 Å². The first-order valence-electron chi connectivity index (χ1n) is 6.22. The second-order valence-electron chi connectivity index (χ2n) is 4.31. The molecule has 0 saturated carbocycles. The normalized spacial score (nSPS) is 11.3. The fraction of sp³-hybridized carbons (Fsp3) is 0.231. The topological polar surface area (TPSA) is 58.5 Å². The molecule has 0 aliphatic carbocycles. The van der Waals surface area contributed by atoms with Gasteiger partial charge in [-0.25, -0.2) is 9.97 Å². The summed E-state index contributed by atoms with van der Waals surface area (Å²) >= 11 is 0. The summed E-state index contributed by atoms with van der Waals surface area (Å²) in [6.07, 6.45) is 3.05. The number of para-hydroxylation sites is 2. The van der Waals surface area contributed by atoms with Crippen molar-refractivity contribution in [1.82, 2.24) is 19.5 Å². The fourth-order valence-corrected chi connectivity index (χ4v) is 2.04. The predicted octanol–water partition coefficient (Wildman–Crippen LogP) is 2.81. The molecule has 3 rings (SSSR count). The van der Waals surface area contributed by atoms with Gasteiger partial charge in [-0.15, -0.1) is 0 Å². The summed E-state index contributed by atoms with van der Waals surface area (Å²) in [5, 5.41) is 3.07. The third-order valence-electron chi connectivity index (χ3n) is 2.99. The van der Waals surface area contributed by atoms with Gasteiger partial charge in [0.2, 0.25) is 5.95 Å². The van der Waals surface area contributed by atoms with Gasteiger partial charge >= 0.3 is 6.55 Å². The van der Waals surface area contributed by atoms with E-state index in [1.165, 1.54) is 12.4 Å².